The molecule has 0 amide bonds. The Kier molecular flexibility index (Phi) is 9.11. The molecular weight excluding hydrogens is 457 g/mol. The van der Waals surface area contributed by atoms with E-state index in [2.05, 4.69) is 25.7 Å². The molecule has 2 fully saturated rings. The van der Waals surface area contributed by atoms with Crippen molar-refractivity contribution in [3.8, 4) is 0 Å². The lowest BCUT2D eigenvalue weighted by atomic mass is 9.78. The van der Waals surface area contributed by atoms with E-state index in [1.165, 1.54) is 30.5 Å². The van der Waals surface area contributed by atoms with Crippen molar-refractivity contribution in [3.05, 3.63) is 95.6 Å². The average Bonchev–Trinajstić information content (AvgIpc) is 2.93. The summed E-state index contributed by atoms with van der Waals surface area (Å²) in [4.78, 5) is 0. The lowest BCUT2D eigenvalue weighted by molar-refractivity contribution is -0.282. The van der Waals surface area contributed by atoms with E-state index in [1.807, 2.05) is 30.3 Å². The van der Waals surface area contributed by atoms with Gasteiger partial charge in [0.25, 0.3) is 0 Å². The molecule has 0 bridgehead atoms. The molecule has 0 aliphatic heterocycles. The van der Waals surface area contributed by atoms with Crippen molar-refractivity contribution in [3.63, 3.8) is 0 Å². The zero-order valence-corrected chi connectivity index (χ0v) is 21.4. The van der Waals surface area contributed by atoms with Crippen LogP contribution in [0.15, 0.2) is 73.3 Å². The molecule has 1 atom stereocenters. The van der Waals surface area contributed by atoms with Gasteiger partial charge < -0.3 is 4.74 Å². The van der Waals surface area contributed by atoms with Crippen LogP contribution in [-0.4, -0.2) is 6.11 Å². The largest absolute Gasteiger partial charge is 0.391 e. The Morgan fingerprint density at radius 3 is 1.83 bits per heavy atom. The lowest BCUT2D eigenvalue weighted by Gasteiger charge is -2.27. The van der Waals surface area contributed by atoms with Gasteiger partial charge in [-0.05, 0) is 104 Å². The molecule has 2 aliphatic rings. The van der Waals surface area contributed by atoms with Gasteiger partial charge >= 0.3 is 6.11 Å². The number of allylic oxidation sites excluding steroid dienone is 3. The number of hydrogen-bond donors (Lipinski definition) is 0. The van der Waals surface area contributed by atoms with Crippen LogP contribution in [-0.2, 0) is 11.3 Å². The molecule has 2 saturated carbocycles. The van der Waals surface area contributed by atoms with Crippen LogP contribution in [0.25, 0.3) is 0 Å². The van der Waals surface area contributed by atoms with E-state index in [-0.39, 0.29) is 12.2 Å². The first-order valence-electron chi connectivity index (χ1n) is 13.5. The molecule has 36 heavy (non-hydrogen) atoms. The summed E-state index contributed by atoms with van der Waals surface area (Å²) in [6, 6.07) is 14.2. The Morgan fingerprint density at radius 1 is 0.833 bits per heavy atom. The van der Waals surface area contributed by atoms with Crippen molar-refractivity contribution in [1.82, 2.24) is 0 Å². The summed E-state index contributed by atoms with van der Waals surface area (Å²) in [5.41, 5.74) is 2.91. The van der Waals surface area contributed by atoms with Crippen LogP contribution in [0, 0.1) is 11.8 Å². The number of hydrogen-bond acceptors (Lipinski definition) is 1. The summed E-state index contributed by atoms with van der Waals surface area (Å²) in [6.07, 6.45) is 8.95. The van der Waals surface area contributed by atoms with Gasteiger partial charge in [-0.25, -0.2) is 4.39 Å². The Labute approximate surface area is 214 Å². The Hall–Kier alpha value is -2.33. The fourth-order valence-electron chi connectivity index (χ4n) is 5.88. The maximum atomic E-state index is 14.8. The van der Waals surface area contributed by atoms with Crippen LogP contribution >= 0.6 is 0 Å². The molecule has 2 aromatic rings. The van der Waals surface area contributed by atoms with Crippen LogP contribution in [0.4, 0.5) is 13.2 Å². The van der Waals surface area contributed by atoms with Crippen LogP contribution in [0.1, 0.15) is 98.6 Å². The highest BCUT2D eigenvalue weighted by molar-refractivity contribution is 5.28. The van der Waals surface area contributed by atoms with Gasteiger partial charge in [0.2, 0.25) is 6.17 Å². The molecule has 4 heteroatoms. The maximum absolute atomic E-state index is 14.8. The van der Waals surface area contributed by atoms with E-state index < -0.39 is 12.3 Å². The normalized spacial score (nSPS) is 26.1. The average molecular weight is 497 g/mol. The lowest BCUT2D eigenvalue weighted by Crippen LogP contribution is -2.27. The number of ether oxygens (including phenoxy) is 1. The molecule has 0 saturated heterocycles. The summed E-state index contributed by atoms with van der Waals surface area (Å²) < 4.78 is 48.8. The third-order valence-corrected chi connectivity index (χ3v) is 8.22. The van der Waals surface area contributed by atoms with Crippen LogP contribution in [0.3, 0.4) is 0 Å². The fourth-order valence-corrected chi connectivity index (χ4v) is 5.88. The van der Waals surface area contributed by atoms with Gasteiger partial charge in [0.15, 0.2) is 0 Å². The van der Waals surface area contributed by atoms with Crippen molar-refractivity contribution in [1.29, 1.82) is 0 Å². The molecule has 0 N–H and O–H groups in total. The first-order chi connectivity index (χ1) is 17.4. The van der Waals surface area contributed by atoms with E-state index in [0.29, 0.717) is 29.2 Å². The minimum absolute atomic E-state index is 0.0487. The molecule has 1 nitrogen and oxygen atoms in total. The van der Waals surface area contributed by atoms with E-state index in [0.717, 1.165) is 44.1 Å². The summed E-state index contributed by atoms with van der Waals surface area (Å²) in [6.45, 7) is 5.61. The second-order valence-corrected chi connectivity index (χ2v) is 10.6. The van der Waals surface area contributed by atoms with E-state index >= 15 is 0 Å². The van der Waals surface area contributed by atoms with E-state index in [1.54, 1.807) is 12.1 Å². The number of benzene rings is 2. The second-order valence-electron chi connectivity index (χ2n) is 10.6. The topological polar surface area (TPSA) is 9.23 Å². The van der Waals surface area contributed by atoms with Gasteiger partial charge in [0, 0.05) is 0 Å². The molecule has 4 rings (SSSR count). The molecule has 0 spiro atoms. The number of rotatable bonds is 9. The van der Waals surface area contributed by atoms with E-state index in [9.17, 15) is 13.2 Å². The molecule has 1 unspecified atom stereocenters. The monoisotopic (exact) mass is 496 g/mol. The minimum Gasteiger partial charge on any atom is -0.313 e. The van der Waals surface area contributed by atoms with Crippen LogP contribution in [0.2, 0.25) is 0 Å². The molecule has 2 aromatic carbocycles. The molecule has 2 aliphatic carbocycles. The smallest absolute Gasteiger partial charge is 0.313 e. The van der Waals surface area contributed by atoms with Crippen molar-refractivity contribution in [2.45, 2.75) is 89.0 Å². The van der Waals surface area contributed by atoms with E-state index in [4.69, 9.17) is 4.74 Å². The third kappa shape index (κ3) is 6.70. The van der Waals surface area contributed by atoms with Crippen LogP contribution in [0.5, 0.6) is 0 Å². The van der Waals surface area contributed by atoms with Crippen molar-refractivity contribution in [2.75, 3.05) is 0 Å². The molecule has 0 heterocycles. The Bertz CT molecular complexity index is 979. The fraction of sp³-hybridized carbons (Fsp3) is 0.500. The molecule has 194 valence electrons. The minimum atomic E-state index is -3.90. The van der Waals surface area contributed by atoms with Crippen molar-refractivity contribution in [2.24, 2.45) is 11.8 Å². The van der Waals surface area contributed by atoms with Gasteiger partial charge in [-0.15, -0.1) is 6.58 Å². The highest BCUT2D eigenvalue weighted by Crippen LogP contribution is 2.40. The number of halogens is 3. The SMILES string of the molecule is C=CC1CCC(c2ccc(C(F)C(F)(F)OCc3ccc(C4CCC(/C=C/C)CC4)cc3)cc2)CC1. The first-order valence-corrected chi connectivity index (χ1v) is 13.5. The predicted octanol–water partition coefficient (Wildman–Crippen LogP) is 9.82. The van der Waals surface area contributed by atoms with Gasteiger partial charge in [-0.1, -0.05) is 66.8 Å². The molecule has 0 radical (unpaired) electrons. The number of alkyl halides is 3. The summed E-state index contributed by atoms with van der Waals surface area (Å²) in [5, 5.41) is 0. The van der Waals surface area contributed by atoms with Gasteiger partial charge in [-0.2, -0.15) is 8.78 Å². The molecule has 0 aromatic heterocycles. The van der Waals surface area contributed by atoms with Gasteiger partial charge in [0.1, 0.15) is 0 Å². The summed E-state index contributed by atoms with van der Waals surface area (Å²) in [5.74, 6) is 2.14. The Morgan fingerprint density at radius 2 is 1.33 bits per heavy atom. The third-order valence-electron chi connectivity index (χ3n) is 8.22. The van der Waals surface area contributed by atoms with Gasteiger partial charge in [0.05, 0.1) is 6.61 Å². The summed E-state index contributed by atoms with van der Waals surface area (Å²) in [7, 11) is 0. The quantitative estimate of drug-likeness (QED) is 0.314. The van der Waals surface area contributed by atoms with Crippen molar-refractivity contribution >= 4 is 0 Å². The van der Waals surface area contributed by atoms with Gasteiger partial charge in [-0.3, -0.25) is 0 Å². The predicted molar refractivity (Wildman–Crippen MR) is 141 cm³/mol. The standard InChI is InChI=1S/C32H39F3O/c1-3-5-24-8-14-27(15-9-24)28-16-10-25(11-17-28)22-36-32(34,35)31(33)30-20-18-29(19-21-30)26-12-6-23(4-2)7-13-26/h3-5,10-11,16-21,23-24,26-27,31H,2,6-9,12-15,22H2,1H3/b5-3+. The van der Waals surface area contributed by atoms with Crippen molar-refractivity contribution < 1.29 is 17.9 Å². The second kappa shape index (κ2) is 12.3. The maximum Gasteiger partial charge on any atom is 0.391 e. The van der Waals surface area contributed by atoms with Crippen LogP contribution < -0.4 is 0 Å². The first kappa shape index (κ1) is 26.7. The summed E-state index contributed by atoms with van der Waals surface area (Å²) >= 11 is 0. The zero-order chi connectivity index (χ0) is 25.5. The highest BCUT2D eigenvalue weighted by Gasteiger charge is 2.43. The molecular formula is C32H39F3O. The zero-order valence-electron chi connectivity index (χ0n) is 21.4. The highest BCUT2D eigenvalue weighted by atomic mass is 19.3. The Balaban J connectivity index is 1.29.